The predicted molar refractivity (Wildman–Crippen MR) is 72.0 cm³/mol. The zero-order valence-corrected chi connectivity index (χ0v) is 10.8. The highest BCUT2D eigenvalue weighted by molar-refractivity contribution is 6.00. The summed E-state index contributed by atoms with van der Waals surface area (Å²) in [5.74, 6) is -1.24. The number of benzene rings is 1. The van der Waals surface area contributed by atoms with Crippen molar-refractivity contribution < 1.29 is 14.7 Å². The number of nitrogens with one attached hydrogen (secondary N) is 2. The van der Waals surface area contributed by atoms with Gasteiger partial charge in [0.05, 0.1) is 11.1 Å². The molecule has 0 spiro atoms. The van der Waals surface area contributed by atoms with Crippen LogP contribution in [0.4, 0.5) is 0 Å². The number of carbonyl (C=O) groups is 2. The first-order valence-electron chi connectivity index (χ1n) is 5.89. The van der Waals surface area contributed by atoms with Crippen molar-refractivity contribution in [1.82, 2.24) is 15.8 Å². The van der Waals surface area contributed by atoms with Crippen LogP contribution in [0.3, 0.4) is 0 Å². The number of nitrogens with zero attached hydrogens (tertiary/aromatic N) is 1. The van der Waals surface area contributed by atoms with Gasteiger partial charge in [-0.05, 0) is 31.2 Å². The summed E-state index contributed by atoms with van der Waals surface area (Å²) in [6, 6.07) is 9.34. The van der Waals surface area contributed by atoms with Crippen LogP contribution in [0.15, 0.2) is 42.6 Å². The lowest BCUT2D eigenvalue weighted by Gasteiger charge is -2.08. The zero-order chi connectivity index (χ0) is 14.5. The molecule has 1 aromatic heterocycles. The molecule has 2 amide bonds. The number of carbonyl (C=O) groups excluding carboxylic acids is 2. The largest absolute Gasteiger partial charge is 0.507 e. The van der Waals surface area contributed by atoms with Crippen molar-refractivity contribution in [1.29, 1.82) is 0 Å². The van der Waals surface area contributed by atoms with Gasteiger partial charge in [-0.1, -0.05) is 12.1 Å². The number of pyridine rings is 1. The van der Waals surface area contributed by atoms with E-state index in [1.807, 2.05) is 6.92 Å². The normalized spacial score (nSPS) is 9.85. The number of phenolic OH excluding ortho intramolecular Hbond substituents is 1. The Morgan fingerprint density at radius 2 is 1.75 bits per heavy atom. The van der Waals surface area contributed by atoms with Crippen molar-refractivity contribution in [3.63, 3.8) is 0 Å². The molecule has 0 bridgehead atoms. The molecular formula is C14H13N3O3. The van der Waals surface area contributed by atoms with E-state index >= 15 is 0 Å². The molecule has 0 radical (unpaired) electrons. The molecule has 2 aromatic rings. The van der Waals surface area contributed by atoms with Crippen LogP contribution in [-0.2, 0) is 0 Å². The lowest BCUT2D eigenvalue weighted by molar-refractivity contribution is 0.0845. The van der Waals surface area contributed by atoms with E-state index in [0.717, 1.165) is 5.69 Å². The molecule has 0 aliphatic rings. The van der Waals surface area contributed by atoms with Crippen molar-refractivity contribution in [2.45, 2.75) is 6.92 Å². The van der Waals surface area contributed by atoms with Crippen LogP contribution >= 0.6 is 0 Å². The zero-order valence-electron chi connectivity index (χ0n) is 10.8. The Kier molecular flexibility index (Phi) is 3.95. The summed E-state index contributed by atoms with van der Waals surface area (Å²) in [6.45, 7) is 1.81. The van der Waals surface area contributed by atoms with E-state index in [9.17, 15) is 14.7 Å². The summed E-state index contributed by atoms with van der Waals surface area (Å²) in [5, 5.41) is 9.51. The Labute approximate surface area is 115 Å². The number of aromatic hydroxyl groups is 1. The van der Waals surface area contributed by atoms with E-state index in [-0.39, 0.29) is 11.3 Å². The molecule has 0 aliphatic carbocycles. The van der Waals surface area contributed by atoms with Crippen LogP contribution in [0.2, 0.25) is 0 Å². The Balaban J connectivity index is 1.99. The third-order valence-corrected chi connectivity index (χ3v) is 2.61. The second kappa shape index (κ2) is 5.83. The Morgan fingerprint density at radius 3 is 2.40 bits per heavy atom. The van der Waals surface area contributed by atoms with Crippen molar-refractivity contribution in [2.75, 3.05) is 0 Å². The first-order chi connectivity index (χ1) is 9.58. The maximum absolute atomic E-state index is 11.8. The Hall–Kier alpha value is -2.89. The fourth-order valence-electron chi connectivity index (χ4n) is 1.52. The van der Waals surface area contributed by atoms with Gasteiger partial charge in [0.25, 0.3) is 11.8 Å². The number of hydrogen-bond acceptors (Lipinski definition) is 4. The maximum Gasteiger partial charge on any atom is 0.273 e. The van der Waals surface area contributed by atoms with Crippen LogP contribution in [0.1, 0.15) is 26.4 Å². The van der Waals surface area contributed by atoms with Gasteiger partial charge in [-0.3, -0.25) is 25.4 Å². The van der Waals surface area contributed by atoms with Gasteiger partial charge in [-0.25, -0.2) is 0 Å². The molecular weight excluding hydrogens is 258 g/mol. The minimum atomic E-state index is -0.600. The second-order valence-corrected chi connectivity index (χ2v) is 4.11. The lowest BCUT2D eigenvalue weighted by Crippen LogP contribution is -2.41. The molecule has 0 atom stereocenters. The molecule has 6 heteroatoms. The van der Waals surface area contributed by atoms with E-state index in [2.05, 4.69) is 15.8 Å². The van der Waals surface area contributed by atoms with Gasteiger partial charge in [0.15, 0.2) is 0 Å². The quantitative estimate of drug-likeness (QED) is 0.715. The van der Waals surface area contributed by atoms with Gasteiger partial charge < -0.3 is 5.11 Å². The number of phenols is 1. The van der Waals surface area contributed by atoms with Gasteiger partial charge in [-0.2, -0.15) is 0 Å². The third kappa shape index (κ3) is 3.11. The number of hydrogen-bond donors (Lipinski definition) is 3. The second-order valence-electron chi connectivity index (χ2n) is 4.11. The van der Waals surface area contributed by atoms with Gasteiger partial charge in [0, 0.05) is 11.9 Å². The topological polar surface area (TPSA) is 91.3 Å². The summed E-state index contributed by atoms with van der Waals surface area (Å²) < 4.78 is 0. The summed E-state index contributed by atoms with van der Waals surface area (Å²) in [5.41, 5.74) is 5.68. The van der Waals surface area contributed by atoms with E-state index in [1.54, 1.807) is 24.3 Å². The molecule has 2 rings (SSSR count). The third-order valence-electron chi connectivity index (χ3n) is 2.61. The molecule has 0 saturated carbocycles. The van der Waals surface area contributed by atoms with E-state index in [4.69, 9.17) is 0 Å². The van der Waals surface area contributed by atoms with Crippen molar-refractivity contribution in [3.05, 3.63) is 59.4 Å². The average Bonchev–Trinajstić information content (AvgIpc) is 2.45. The first-order valence-corrected chi connectivity index (χ1v) is 5.89. The molecule has 0 aliphatic heterocycles. The van der Waals surface area contributed by atoms with Crippen LogP contribution in [0, 0.1) is 6.92 Å². The van der Waals surface area contributed by atoms with Crippen molar-refractivity contribution >= 4 is 11.8 Å². The minimum Gasteiger partial charge on any atom is -0.507 e. The highest BCUT2D eigenvalue weighted by atomic mass is 16.3. The summed E-state index contributed by atoms with van der Waals surface area (Å²) in [6.07, 6.45) is 1.41. The van der Waals surface area contributed by atoms with Gasteiger partial charge in [0.2, 0.25) is 0 Å². The predicted octanol–water partition coefficient (Wildman–Crippen LogP) is 1.17. The molecule has 1 aromatic carbocycles. The average molecular weight is 271 g/mol. The number of aryl methyl sites for hydroxylation is 1. The molecule has 3 N–H and O–H groups in total. The lowest BCUT2D eigenvalue weighted by atomic mass is 10.2. The smallest absolute Gasteiger partial charge is 0.273 e. The van der Waals surface area contributed by atoms with Crippen LogP contribution < -0.4 is 10.9 Å². The van der Waals surface area contributed by atoms with Crippen LogP contribution in [-0.4, -0.2) is 21.9 Å². The summed E-state index contributed by atoms with van der Waals surface area (Å²) >= 11 is 0. The molecule has 0 saturated heterocycles. The maximum atomic E-state index is 11.8. The monoisotopic (exact) mass is 271 g/mol. The minimum absolute atomic E-state index is 0.0785. The number of rotatable bonds is 2. The molecule has 0 fully saturated rings. The Morgan fingerprint density at radius 1 is 1.05 bits per heavy atom. The SMILES string of the molecule is Cc1ccc(C(=O)NNC(=O)c2ccccc2O)cn1. The number of hydrazine groups is 1. The van der Waals surface area contributed by atoms with Crippen LogP contribution in [0.25, 0.3) is 0 Å². The highest BCUT2D eigenvalue weighted by Gasteiger charge is 2.12. The molecule has 6 nitrogen and oxygen atoms in total. The summed E-state index contributed by atoms with van der Waals surface area (Å²) in [4.78, 5) is 27.5. The standard InChI is InChI=1S/C14H13N3O3/c1-9-6-7-10(8-15-9)13(19)16-17-14(20)11-4-2-3-5-12(11)18/h2-8,18H,1H3,(H,16,19)(H,17,20). The van der Waals surface area contributed by atoms with Crippen LogP contribution in [0.5, 0.6) is 5.75 Å². The fourth-order valence-corrected chi connectivity index (χ4v) is 1.52. The molecule has 0 unspecified atom stereocenters. The highest BCUT2D eigenvalue weighted by Crippen LogP contribution is 2.14. The number of aromatic nitrogens is 1. The van der Waals surface area contributed by atoms with E-state index < -0.39 is 11.8 Å². The van der Waals surface area contributed by atoms with Gasteiger partial charge >= 0.3 is 0 Å². The number of amides is 2. The van der Waals surface area contributed by atoms with Gasteiger partial charge in [-0.15, -0.1) is 0 Å². The number of para-hydroxylation sites is 1. The van der Waals surface area contributed by atoms with Gasteiger partial charge in [0.1, 0.15) is 5.75 Å². The molecule has 1 heterocycles. The van der Waals surface area contributed by atoms with Crippen molar-refractivity contribution in [2.24, 2.45) is 0 Å². The molecule has 20 heavy (non-hydrogen) atoms. The van der Waals surface area contributed by atoms with Crippen molar-refractivity contribution in [3.8, 4) is 5.75 Å². The molecule has 102 valence electrons. The Bertz CT molecular complexity index is 638. The van der Waals surface area contributed by atoms with E-state index in [1.165, 1.54) is 18.3 Å². The fraction of sp³-hybridized carbons (Fsp3) is 0.0714. The summed E-state index contributed by atoms with van der Waals surface area (Å²) in [7, 11) is 0. The van der Waals surface area contributed by atoms with E-state index in [0.29, 0.717) is 5.56 Å². The first kappa shape index (κ1) is 13.5.